The van der Waals surface area contributed by atoms with Gasteiger partial charge in [0.15, 0.2) is 0 Å². The highest BCUT2D eigenvalue weighted by Gasteiger charge is 2.32. The first-order valence-electron chi connectivity index (χ1n) is 6.37. The molecule has 1 saturated heterocycles. The van der Waals surface area contributed by atoms with E-state index in [1.54, 1.807) is 6.92 Å². The number of H-pyrrole nitrogens is 1. The molecule has 0 saturated carbocycles. The van der Waals surface area contributed by atoms with Crippen molar-refractivity contribution in [1.29, 1.82) is 0 Å². The van der Waals surface area contributed by atoms with Gasteiger partial charge in [-0.1, -0.05) is 12.2 Å². The topological polar surface area (TPSA) is 95.3 Å². The molecule has 0 spiro atoms. The van der Waals surface area contributed by atoms with Gasteiger partial charge in [0.1, 0.15) is 4.90 Å². The number of thiocarbonyl (C=S) groups is 1. The van der Waals surface area contributed by atoms with E-state index < -0.39 is 10.0 Å². The maximum Gasteiger partial charge on any atom is 0.246 e. The molecule has 0 aliphatic carbocycles. The largest absolute Gasteiger partial charge is 0.392 e. The van der Waals surface area contributed by atoms with E-state index in [1.165, 1.54) is 10.5 Å². The van der Waals surface area contributed by atoms with Crippen molar-refractivity contribution < 1.29 is 8.42 Å². The number of nitrogens with two attached hydrogens (primary N) is 1. The highest BCUT2D eigenvalue weighted by Crippen LogP contribution is 2.19. The standard InChI is InChI=1S/C11H19N5O2S2/c1-8-10(7-13-14-8)20(17,18)16-5-3-15(4-6-16)9(2)11(12)19/h7,9H,3-6H2,1-2H3,(H2,12,19)(H,13,14). The molecule has 0 radical (unpaired) electrons. The summed E-state index contributed by atoms with van der Waals surface area (Å²) in [5.41, 5.74) is 6.19. The van der Waals surface area contributed by atoms with E-state index >= 15 is 0 Å². The average Bonchev–Trinajstić information content (AvgIpc) is 2.85. The fourth-order valence-corrected chi connectivity index (χ4v) is 3.94. The van der Waals surface area contributed by atoms with Gasteiger partial charge in [-0.25, -0.2) is 8.42 Å². The van der Waals surface area contributed by atoms with Crippen LogP contribution in [-0.2, 0) is 10.0 Å². The number of rotatable bonds is 4. The summed E-state index contributed by atoms with van der Waals surface area (Å²) < 4.78 is 26.4. The van der Waals surface area contributed by atoms with Crippen LogP contribution in [-0.4, -0.2) is 65.0 Å². The molecule has 1 fully saturated rings. The van der Waals surface area contributed by atoms with Gasteiger partial charge in [0.05, 0.1) is 22.9 Å². The second-order valence-electron chi connectivity index (χ2n) is 4.88. The van der Waals surface area contributed by atoms with E-state index in [9.17, 15) is 8.42 Å². The Labute approximate surface area is 124 Å². The first-order valence-corrected chi connectivity index (χ1v) is 8.22. The number of aromatic nitrogens is 2. The van der Waals surface area contributed by atoms with Crippen molar-refractivity contribution >= 4 is 27.2 Å². The molecule has 1 aliphatic heterocycles. The molecule has 112 valence electrons. The summed E-state index contributed by atoms with van der Waals surface area (Å²) in [6, 6.07) is -0.00878. The van der Waals surface area contributed by atoms with Gasteiger partial charge in [0, 0.05) is 26.2 Å². The van der Waals surface area contributed by atoms with Gasteiger partial charge in [0.25, 0.3) is 0 Å². The van der Waals surface area contributed by atoms with Gasteiger partial charge in [0.2, 0.25) is 10.0 Å². The minimum Gasteiger partial charge on any atom is -0.392 e. The van der Waals surface area contributed by atoms with Crippen LogP contribution in [0.15, 0.2) is 11.1 Å². The number of aromatic amines is 1. The Morgan fingerprint density at radius 2 is 2.05 bits per heavy atom. The third-order valence-electron chi connectivity index (χ3n) is 3.63. The first kappa shape index (κ1) is 15.4. The lowest BCUT2D eigenvalue weighted by molar-refractivity contribution is 0.175. The fraction of sp³-hybridized carbons (Fsp3) is 0.636. The predicted molar refractivity (Wildman–Crippen MR) is 79.9 cm³/mol. The average molecular weight is 317 g/mol. The molecule has 1 aliphatic rings. The van der Waals surface area contributed by atoms with Gasteiger partial charge in [-0.2, -0.15) is 9.40 Å². The zero-order valence-corrected chi connectivity index (χ0v) is 13.2. The molecular formula is C11H19N5O2S2. The Hall–Kier alpha value is -1.03. The number of aryl methyl sites for hydroxylation is 1. The van der Waals surface area contributed by atoms with E-state index in [4.69, 9.17) is 18.0 Å². The van der Waals surface area contributed by atoms with Gasteiger partial charge in [-0.15, -0.1) is 0 Å². The predicted octanol–water partition coefficient (Wildman–Crippen LogP) is -0.301. The summed E-state index contributed by atoms with van der Waals surface area (Å²) in [7, 11) is -3.47. The molecule has 20 heavy (non-hydrogen) atoms. The van der Waals surface area contributed by atoms with E-state index in [-0.39, 0.29) is 10.9 Å². The quantitative estimate of drug-likeness (QED) is 0.740. The molecule has 3 N–H and O–H groups in total. The Morgan fingerprint density at radius 1 is 1.45 bits per heavy atom. The Bertz CT molecular complexity index is 590. The zero-order chi connectivity index (χ0) is 14.9. The van der Waals surface area contributed by atoms with Crippen LogP contribution >= 0.6 is 12.2 Å². The van der Waals surface area contributed by atoms with Crippen molar-refractivity contribution in [3.05, 3.63) is 11.9 Å². The molecule has 1 unspecified atom stereocenters. The van der Waals surface area contributed by atoms with Crippen LogP contribution in [0.2, 0.25) is 0 Å². The van der Waals surface area contributed by atoms with Crippen molar-refractivity contribution in [1.82, 2.24) is 19.4 Å². The number of nitrogens with zero attached hydrogens (tertiary/aromatic N) is 3. The minimum atomic E-state index is -3.47. The van der Waals surface area contributed by atoms with Crippen molar-refractivity contribution in [2.24, 2.45) is 5.73 Å². The van der Waals surface area contributed by atoms with Crippen molar-refractivity contribution in [2.75, 3.05) is 26.2 Å². The second kappa shape index (κ2) is 5.76. The zero-order valence-electron chi connectivity index (χ0n) is 11.5. The minimum absolute atomic E-state index is 0.00878. The summed E-state index contributed by atoms with van der Waals surface area (Å²) in [6.07, 6.45) is 1.36. The fourth-order valence-electron chi connectivity index (χ4n) is 2.25. The van der Waals surface area contributed by atoms with Gasteiger partial charge in [-0.05, 0) is 13.8 Å². The summed E-state index contributed by atoms with van der Waals surface area (Å²) >= 11 is 4.98. The normalized spacial score (nSPS) is 19.9. The number of sulfonamides is 1. The highest BCUT2D eigenvalue weighted by atomic mass is 32.2. The van der Waals surface area contributed by atoms with Crippen LogP contribution < -0.4 is 5.73 Å². The molecular weight excluding hydrogens is 298 g/mol. The number of hydrogen-bond donors (Lipinski definition) is 2. The molecule has 0 aromatic carbocycles. The third-order valence-corrected chi connectivity index (χ3v) is 5.99. The molecule has 2 rings (SSSR count). The molecule has 1 aromatic rings. The lowest BCUT2D eigenvalue weighted by Gasteiger charge is -2.36. The van der Waals surface area contributed by atoms with Gasteiger partial charge in [-0.3, -0.25) is 10.00 Å². The monoisotopic (exact) mass is 317 g/mol. The first-order chi connectivity index (χ1) is 9.34. The van der Waals surface area contributed by atoms with Crippen LogP contribution in [0.25, 0.3) is 0 Å². The smallest absolute Gasteiger partial charge is 0.246 e. The number of nitrogens with one attached hydrogen (secondary N) is 1. The molecule has 1 aromatic heterocycles. The SMILES string of the molecule is Cc1[nH]ncc1S(=O)(=O)N1CCN(C(C)C(N)=S)CC1. The Balaban J connectivity index is 2.08. The van der Waals surface area contributed by atoms with Crippen LogP contribution in [0, 0.1) is 6.92 Å². The summed E-state index contributed by atoms with van der Waals surface area (Å²) in [5.74, 6) is 0. The van der Waals surface area contributed by atoms with Crippen LogP contribution in [0.5, 0.6) is 0 Å². The lowest BCUT2D eigenvalue weighted by atomic mass is 10.2. The molecule has 2 heterocycles. The second-order valence-corrected chi connectivity index (χ2v) is 7.26. The lowest BCUT2D eigenvalue weighted by Crippen LogP contribution is -2.53. The summed E-state index contributed by atoms with van der Waals surface area (Å²) in [6.45, 7) is 5.74. The van der Waals surface area contributed by atoms with Crippen molar-refractivity contribution in [3.63, 3.8) is 0 Å². The van der Waals surface area contributed by atoms with Crippen LogP contribution in [0.1, 0.15) is 12.6 Å². The number of hydrogen-bond acceptors (Lipinski definition) is 5. The molecule has 9 heteroatoms. The number of piperazine rings is 1. The van der Waals surface area contributed by atoms with E-state index in [0.717, 1.165) is 0 Å². The summed E-state index contributed by atoms with van der Waals surface area (Å²) in [5, 5.41) is 6.43. The molecule has 7 nitrogen and oxygen atoms in total. The molecule has 1 atom stereocenters. The van der Waals surface area contributed by atoms with E-state index in [0.29, 0.717) is 36.9 Å². The Kier molecular flexibility index (Phi) is 4.43. The highest BCUT2D eigenvalue weighted by molar-refractivity contribution is 7.89. The Morgan fingerprint density at radius 3 is 2.50 bits per heavy atom. The molecule has 0 amide bonds. The van der Waals surface area contributed by atoms with Crippen LogP contribution in [0.3, 0.4) is 0 Å². The maximum atomic E-state index is 12.5. The van der Waals surface area contributed by atoms with E-state index in [1.807, 2.05) is 6.92 Å². The van der Waals surface area contributed by atoms with Crippen LogP contribution in [0.4, 0.5) is 0 Å². The van der Waals surface area contributed by atoms with Crippen molar-refractivity contribution in [2.45, 2.75) is 24.8 Å². The molecule has 0 bridgehead atoms. The van der Waals surface area contributed by atoms with Gasteiger partial charge < -0.3 is 5.73 Å². The van der Waals surface area contributed by atoms with E-state index in [2.05, 4.69) is 15.1 Å². The van der Waals surface area contributed by atoms with Gasteiger partial charge >= 0.3 is 0 Å². The maximum absolute atomic E-state index is 12.5. The summed E-state index contributed by atoms with van der Waals surface area (Å²) in [4.78, 5) is 2.77. The third kappa shape index (κ3) is 2.85. The van der Waals surface area contributed by atoms with Crippen molar-refractivity contribution in [3.8, 4) is 0 Å².